The zero-order valence-electron chi connectivity index (χ0n) is 10.8. The molecule has 1 heterocycles. The molecule has 1 aromatic carbocycles. The molecule has 0 spiro atoms. The third-order valence-corrected chi connectivity index (χ3v) is 3.00. The summed E-state index contributed by atoms with van der Waals surface area (Å²) in [4.78, 5) is 15.8. The van der Waals surface area contributed by atoms with Gasteiger partial charge in [0.25, 0.3) is 5.91 Å². The lowest BCUT2D eigenvalue weighted by atomic mass is 9.96. The molecule has 0 unspecified atom stereocenters. The van der Waals surface area contributed by atoms with Crippen molar-refractivity contribution in [1.82, 2.24) is 10.3 Å². The number of pyridine rings is 1. The lowest BCUT2D eigenvalue weighted by Gasteiger charge is -2.10. The minimum Gasteiger partial charge on any atom is -0.355 e. The van der Waals surface area contributed by atoms with Crippen LogP contribution in [0.2, 0.25) is 0 Å². The first-order valence-electron chi connectivity index (χ1n) is 5.87. The predicted octanol–water partition coefficient (Wildman–Crippen LogP) is 2.73. The Morgan fingerprint density at radius 1 is 1.17 bits per heavy atom. The topological polar surface area (TPSA) is 42.0 Å². The van der Waals surface area contributed by atoms with Gasteiger partial charge in [-0.2, -0.15) is 0 Å². The van der Waals surface area contributed by atoms with Crippen molar-refractivity contribution in [2.75, 3.05) is 7.05 Å². The Balaban J connectivity index is 2.55. The summed E-state index contributed by atoms with van der Waals surface area (Å²) in [6.45, 7) is 4.13. The highest BCUT2D eigenvalue weighted by Gasteiger charge is 2.09. The van der Waals surface area contributed by atoms with Crippen LogP contribution in [0.5, 0.6) is 0 Å². The first kappa shape index (κ1) is 12.3. The normalized spacial score (nSPS) is 10.2. The van der Waals surface area contributed by atoms with E-state index in [9.17, 15) is 4.79 Å². The van der Waals surface area contributed by atoms with Gasteiger partial charge in [0.15, 0.2) is 0 Å². The van der Waals surface area contributed by atoms with Crippen LogP contribution >= 0.6 is 0 Å². The van der Waals surface area contributed by atoms with Gasteiger partial charge in [0.2, 0.25) is 0 Å². The van der Waals surface area contributed by atoms with Crippen molar-refractivity contribution in [3.05, 3.63) is 53.3 Å². The summed E-state index contributed by atoms with van der Waals surface area (Å²) >= 11 is 0. The molecular formula is C15H16N2O. The molecule has 3 nitrogen and oxygen atoms in total. The van der Waals surface area contributed by atoms with Crippen LogP contribution in [0.25, 0.3) is 11.1 Å². The van der Waals surface area contributed by atoms with Gasteiger partial charge in [-0.25, -0.2) is 0 Å². The summed E-state index contributed by atoms with van der Waals surface area (Å²) in [6.07, 6.45) is 3.37. The maximum absolute atomic E-state index is 11.6. The standard InChI is InChI=1S/C15H16N2O/c1-10-5-4-6-11(2)14(10)12-7-13(9-17-8-12)15(18)16-3/h4-9H,1-3H3,(H,16,18). The molecule has 3 heteroatoms. The van der Waals surface area contributed by atoms with Crippen molar-refractivity contribution in [1.29, 1.82) is 0 Å². The number of hydrogen-bond acceptors (Lipinski definition) is 2. The van der Waals surface area contributed by atoms with E-state index in [0.717, 1.165) is 11.1 Å². The highest BCUT2D eigenvalue weighted by molar-refractivity contribution is 5.95. The Morgan fingerprint density at radius 2 is 1.83 bits per heavy atom. The minimum atomic E-state index is -0.115. The smallest absolute Gasteiger partial charge is 0.252 e. The molecule has 1 aromatic heterocycles. The first-order chi connectivity index (χ1) is 8.63. The fraction of sp³-hybridized carbons (Fsp3) is 0.200. The highest BCUT2D eigenvalue weighted by Crippen LogP contribution is 2.26. The van der Waals surface area contributed by atoms with Crippen LogP contribution in [0.1, 0.15) is 21.5 Å². The quantitative estimate of drug-likeness (QED) is 0.877. The molecule has 0 aliphatic heterocycles. The molecule has 92 valence electrons. The van der Waals surface area contributed by atoms with Crippen molar-refractivity contribution in [3.8, 4) is 11.1 Å². The second-order valence-electron chi connectivity index (χ2n) is 4.31. The van der Waals surface area contributed by atoms with E-state index in [1.165, 1.54) is 11.1 Å². The molecule has 0 fully saturated rings. The monoisotopic (exact) mass is 240 g/mol. The van der Waals surface area contributed by atoms with E-state index >= 15 is 0 Å². The van der Waals surface area contributed by atoms with E-state index < -0.39 is 0 Å². The van der Waals surface area contributed by atoms with Gasteiger partial charge in [0.1, 0.15) is 0 Å². The molecule has 0 atom stereocenters. The lowest BCUT2D eigenvalue weighted by molar-refractivity contribution is 0.0963. The summed E-state index contributed by atoms with van der Waals surface area (Å²) in [5.41, 5.74) is 5.08. The van der Waals surface area contributed by atoms with Gasteiger partial charge in [-0.15, -0.1) is 0 Å². The van der Waals surface area contributed by atoms with E-state index in [4.69, 9.17) is 0 Å². The van der Waals surface area contributed by atoms with Crippen LogP contribution in [0.4, 0.5) is 0 Å². The summed E-state index contributed by atoms with van der Waals surface area (Å²) < 4.78 is 0. The van der Waals surface area contributed by atoms with Gasteiger partial charge in [0.05, 0.1) is 5.56 Å². The van der Waals surface area contributed by atoms with Gasteiger partial charge in [-0.05, 0) is 36.6 Å². The zero-order chi connectivity index (χ0) is 13.1. The van der Waals surface area contributed by atoms with Gasteiger partial charge in [-0.3, -0.25) is 9.78 Å². The van der Waals surface area contributed by atoms with Crippen LogP contribution < -0.4 is 5.32 Å². The van der Waals surface area contributed by atoms with E-state index in [1.807, 2.05) is 12.1 Å². The van der Waals surface area contributed by atoms with E-state index in [2.05, 4.69) is 36.3 Å². The predicted molar refractivity (Wildman–Crippen MR) is 72.5 cm³/mol. The Labute approximate surface area is 107 Å². The van der Waals surface area contributed by atoms with Gasteiger partial charge in [-0.1, -0.05) is 18.2 Å². The molecule has 0 bridgehead atoms. The van der Waals surface area contributed by atoms with Crippen LogP contribution in [-0.2, 0) is 0 Å². The average molecular weight is 240 g/mol. The minimum absolute atomic E-state index is 0.115. The van der Waals surface area contributed by atoms with Crippen LogP contribution in [0, 0.1) is 13.8 Å². The molecule has 1 N–H and O–H groups in total. The van der Waals surface area contributed by atoms with Gasteiger partial charge >= 0.3 is 0 Å². The summed E-state index contributed by atoms with van der Waals surface area (Å²) in [6, 6.07) is 8.04. The fourth-order valence-corrected chi connectivity index (χ4v) is 2.11. The number of nitrogens with zero attached hydrogens (tertiary/aromatic N) is 1. The molecule has 0 saturated carbocycles. The molecule has 0 aliphatic rings. The Morgan fingerprint density at radius 3 is 2.44 bits per heavy atom. The molecule has 2 aromatic rings. The third kappa shape index (κ3) is 2.25. The number of carbonyl (C=O) groups is 1. The Kier molecular flexibility index (Phi) is 3.42. The number of nitrogens with one attached hydrogen (secondary N) is 1. The SMILES string of the molecule is CNC(=O)c1cncc(-c2c(C)cccc2C)c1. The van der Waals surface area contributed by atoms with Crippen LogP contribution in [0.3, 0.4) is 0 Å². The Bertz CT molecular complexity index is 571. The maximum atomic E-state index is 11.6. The average Bonchev–Trinajstić information content (AvgIpc) is 2.38. The molecular weight excluding hydrogens is 224 g/mol. The second-order valence-corrected chi connectivity index (χ2v) is 4.31. The lowest BCUT2D eigenvalue weighted by Crippen LogP contribution is -2.17. The van der Waals surface area contributed by atoms with Crippen LogP contribution in [0.15, 0.2) is 36.7 Å². The summed E-state index contributed by atoms with van der Waals surface area (Å²) in [7, 11) is 1.62. The zero-order valence-corrected chi connectivity index (χ0v) is 10.8. The Hall–Kier alpha value is -2.16. The molecule has 18 heavy (non-hydrogen) atoms. The highest BCUT2D eigenvalue weighted by atomic mass is 16.1. The largest absolute Gasteiger partial charge is 0.355 e. The number of amides is 1. The molecule has 0 aliphatic carbocycles. The maximum Gasteiger partial charge on any atom is 0.252 e. The number of benzene rings is 1. The van der Waals surface area contributed by atoms with Crippen molar-refractivity contribution >= 4 is 5.91 Å². The number of aryl methyl sites for hydroxylation is 2. The molecule has 1 amide bonds. The van der Waals surface area contributed by atoms with Crippen molar-refractivity contribution < 1.29 is 4.79 Å². The molecule has 2 rings (SSSR count). The van der Waals surface area contributed by atoms with Gasteiger partial charge in [0, 0.05) is 25.0 Å². The van der Waals surface area contributed by atoms with E-state index in [0.29, 0.717) is 5.56 Å². The fourth-order valence-electron chi connectivity index (χ4n) is 2.11. The number of carbonyl (C=O) groups excluding carboxylic acids is 1. The van der Waals surface area contributed by atoms with E-state index in [-0.39, 0.29) is 5.91 Å². The number of hydrogen-bond donors (Lipinski definition) is 1. The van der Waals surface area contributed by atoms with Crippen LogP contribution in [-0.4, -0.2) is 17.9 Å². The molecule has 0 saturated heterocycles. The first-order valence-corrected chi connectivity index (χ1v) is 5.87. The second kappa shape index (κ2) is 5.00. The summed E-state index contributed by atoms with van der Waals surface area (Å²) in [5, 5.41) is 2.61. The number of aromatic nitrogens is 1. The molecule has 0 radical (unpaired) electrons. The third-order valence-electron chi connectivity index (χ3n) is 3.00. The summed E-state index contributed by atoms with van der Waals surface area (Å²) in [5.74, 6) is -0.115. The van der Waals surface area contributed by atoms with Crippen molar-refractivity contribution in [3.63, 3.8) is 0 Å². The van der Waals surface area contributed by atoms with Crippen molar-refractivity contribution in [2.45, 2.75) is 13.8 Å². The van der Waals surface area contributed by atoms with E-state index in [1.54, 1.807) is 19.4 Å². The number of rotatable bonds is 2. The van der Waals surface area contributed by atoms with Gasteiger partial charge < -0.3 is 5.32 Å². The van der Waals surface area contributed by atoms with Crippen molar-refractivity contribution in [2.24, 2.45) is 0 Å².